The first-order chi connectivity index (χ1) is 11.1. The molecule has 114 valence electrons. The Morgan fingerprint density at radius 2 is 1.87 bits per heavy atom. The fourth-order valence-corrected chi connectivity index (χ4v) is 2.10. The van der Waals surface area contributed by atoms with Crippen molar-refractivity contribution in [1.29, 1.82) is 0 Å². The molecule has 6 nitrogen and oxygen atoms in total. The highest BCUT2D eigenvalue weighted by atomic mass is 16.3. The summed E-state index contributed by atoms with van der Waals surface area (Å²) in [7, 11) is 0. The number of fused-ring (bicyclic) bond motifs is 1. The number of aromatic hydroxyl groups is 1. The molecule has 0 aliphatic heterocycles. The van der Waals surface area contributed by atoms with Crippen LogP contribution in [0.4, 0.5) is 0 Å². The average Bonchev–Trinajstić information content (AvgIpc) is 2.56. The number of pyridine rings is 1. The molecule has 2 aromatic carbocycles. The zero-order valence-electron chi connectivity index (χ0n) is 12.0. The Labute approximate surface area is 131 Å². The number of amides is 1. The number of H-pyrrole nitrogens is 1. The SMILES string of the molecule is O=C(N/N=C/c1cc2ccccc2[nH]c1=O)c1ccc(O)cc1. The molecule has 1 amide bonds. The lowest BCUT2D eigenvalue weighted by Gasteiger charge is -2.01. The molecular formula is C17H13N3O3. The third kappa shape index (κ3) is 3.26. The number of aromatic nitrogens is 1. The number of carbonyl (C=O) groups is 1. The van der Waals surface area contributed by atoms with Gasteiger partial charge in [-0.1, -0.05) is 18.2 Å². The minimum absolute atomic E-state index is 0.0766. The molecule has 3 N–H and O–H groups in total. The van der Waals surface area contributed by atoms with Crippen LogP contribution in [0.2, 0.25) is 0 Å². The summed E-state index contributed by atoms with van der Waals surface area (Å²) in [6.45, 7) is 0. The highest BCUT2D eigenvalue weighted by molar-refractivity contribution is 5.95. The van der Waals surface area contributed by atoms with Gasteiger partial charge in [-0.3, -0.25) is 9.59 Å². The van der Waals surface area contributed by atoms with Gasteiger partial charge in [-0.2, -0.15) is 5.10 Å². The van der Waals surface area contributed by atoms with E-state index < -0.39 is 5.91 Å². The van der Waals surface area contributed by atoms with E-state index in [-0.39, 0.29) is 11.3 Å². The quantitative estimate of drug-likeness (QED) is 0.510. The van der Waals surface area contributed by atoms with E-state index in [1.54, 1.807) is 6.07 Å². The second kappa shape index (κ2) is 6.15. The Balaban J connectivity index is 1.77. The highest BCUT2D eigenvalue weighted by Gasteiger charge is 2.04. The van der Waals surface area contributed by atoms with Crippen molar-refractivity contribution < 1.29 is 9.90 Å². The lowest BCUT2D eigenvalue weighted by molar-refractivity contribution is 0.0955. The summed E-state index contributed by atoms with van der Waals surface area (Å²) in [5.41, 5.74) is 3.49. The Morgan fingerprint density at radius 1 is 1.13 bits per heavy atom. The minimum Gasteiger partial charge on any atom is -0.508 e. The Hall–Kier alpha value is -3.41. The van der Waals surface area contributed by atoms with Crippen LogP contribution in [-0.4, -0.2) is 22.2 Å². The summed E-state index contributed by atoms with van der Waals surface area (Å²) in [6, 6.07) is 14.9. The van der Waals surface area contributed by atoms with Crippen LogP contribution in [0.5, 0.6) is 5.75 Å². The number of nitrogens with one attached hydrogen (secondary N) is 2. The van der Waals surface area contributed by atoms with Crippen LogP contribution in [0.25, 0.3) is 10.9 Å². The summed E-state index contributed by atoms with van der Waals surface area (Å²) in [5, 5.41) is 13.9. The second-order valence-electron chi connectivity index (χ2n) is 4.89. The predicted molar refractivity (Wildman–Crippen MR) is 87.7 cm³/mol. The molecule has 0 saturated heterocycles. The van der Waals surface area contributed by atoms with Crippen molar-refractivity contribution >= 4 is 23.0 Å². The van der Waals surface area contributed by atoms with Gasteiger partial charge in [0.25, 0.3) is 11.5 Å². The smallest absolute Gasteiger partial charge is 0.271 e. The third-order valence-corrected chi connectivity index (χ3v) is 3.28. The monoisotopic (exact) mass is 307 g/mol. The molecule has 0 saturated carbocycles. The number of phenolic OH excluding ortho intramolecular Hbond substituents is 1. The first-order valence-electron chi connectivity index (χ1n) is 6.88. The van der Waals surface area contributed by atoms with Crippen molar-refractivity contribution in [3.05, 3.63) is 76.1 Å². The van der Waals surface area contributed by atoms with Crippen molar-refractivity contribution in [2.45, 2.75) is 0 Å². The molecule has 0 radical (unpaired) electrons. The maximum absolute atomic E-state index is 11.9. The Kier molecular flexibility index (Phi) is 3.88. The van der Waals surface area contributed by atoms with Crippen LogP contribution >= 0.6 is 0 Å². The van der Waals surface area contributed by atoms with Crippen molar-refractivity contribution in [1.82, 2.24) is 10.4 Å². The van der Waals surface area contributed by atoms with Gasteiger partial charge in [-0.05, 0) is 41.8 Å². The number of hydrogen-bond acceptors (Lipinski definition) is 4. The molecule has 0 unspecified atom stereocenters. The number of aromatic amines is 1. The molecule has 0 aliphatic rings. The van der Waals surface area contributed by atoms with Crippen molar-refractivity contribution in [2.75, 3.05) is 0 Å². The first-order valence-corrected chi connectivity index (χ1v) is 6.88. The number of para-hydroxylation sites is 1. The largest absolute Gasteiger partial charge is 0.508 e. The van der Waals surface area contributed by atoms with Crippen LogP contribution in [0, 0.1) is 0 Å². The molecule has 1 heterocycles. The normalized spacial score (nSPS) is 11.0. The van der Waals surface area contributed by atoms with E-state index in [1.807, 2.05) is 24.3 Å². The van der Waals surface area contributed by atoms with Crippen molar-refractivity contribution in [3.63, 3.8) is 0 Å². The lowest BCUT2D eigenvalue weighted by Crippen LogP contribution is -2.19. The summed E-state index contributed by atoms with van der Waals surface area (Å²) < 4.78 is 0. The fraction of sp³-hybridized carbons (Fsp3) is 0. The topological polar surface area (TPSA) is 94.5 Å². The van der Waals surface area contributed by atoms with Gasteiger partial charge in [0.05, 0.1) is 11.8 Å². The van der Waals surface area contributed by atoms with Crippen LogP contribution in [0.15, 0.2) is 64.5 Å². The number of nitrogens with zero attached hydrogens (tertiary/aromatic N) is 1. The zero-order chi connectivity index (χ0) is 16.2. The van der Waals surface area contributed by atoms with Gasteiger partial charge in [0.2, 0.25) is 0 Å². The molecule has 3 aromatic rings. The van der Waals surface area contributed by atoms with Gasteiger partial charge >= 0.3 is 0 Å². The maximum atomic E-state index is 11.9. The maximum Gasteiger partial charge on any atom is 0.271 e. The van der Waals surface area contributed by atoms with E-state index in [0.29, 0.717) is 11.1 Å². The lowest BCUT2D eigenvalue weighted by atomic mass is 10.2. The molecule has 0 fully saturated rings. The van der Waals surface area contributed by atoms with E-state index >= 15 is 0 Å². The molecule has 6 heteroatoms. The van der Waals surface area contributed by atoms with Gasteiger partial charge in [-0.25, -0.2) is 5.43 Å². The van der Waals surface area contributed by atoms with E-state index in [0.717, 1.165) is 10.9 Å². The van der Waals surface area contributed by atoms with E-state index in [9.17, 15) is 14.7 Å². The molecule has 0 aliphatic carbocycles. The molecule has 0 spiro atoms. The zero-order valence-corrected chi connectivity index (χ0v) is 12.0. The molecule has 3 rings (SSSR count). The summed E-state index contributed by atoms with van der Waals surface area (Å²) >= 11 is 0. The third-order valence-electron chi connectivity index (χ3n) is 3.28. The van der Waals surface area contributed by atoms with Crippen LogP contribution in [0.3, 0.4) is 0 Å². The number of carbonyl (C=O) groups excluding carboxylic acids is 1. The summed E-state index contributed by atoms with van der Waals surface area (Å²) in [4.78, 5) is 26.5. The molecule has 23 heavy (non-hydrogen) atoms. The standard InChI is InChI=1S/C17H13N3O3/c21-14-7-5-11(6-8-14)17(23)20-18-10-13-9-12-3-1-2-4-15(12)19-16(13)22/h1-10,21H,(H,19,22)(H,20,23)/b18-10+. The molecular weight excluding hydrogens is 294 g/mol. The van der Waals surface area contributed by atoms with Crippen LogP contribution in [0.1, 0.15) is 15.9 Å². The predicted octanol–water partition coefficient (Wildman–Crippen LogP) is 2.00. The van der Waals surface area contributed by atoms with Gasteiger partial charge in [0, 0.05) is 11.1 Å². The van der Waals surface area contributed by atoms with E-state index in [1.165, 1.54) is 30.5 Å². The number of hydrazone groups is 1. The molecule has 1 aromatic heterocycles. The van der Waals surface area contributed by atoms with Crippen molar-refractivity contribution in [2.24, 2.45) is 5.10 Å². The Morgan fingerprint density at radius 3 is 2.65 bits per heavy atom. The second-order valence-corrected chi connectivity index (χ2v) is 4.89. The number of hydrogen-bond donors (Lipinski definition) is 3. The van der Waals surface area contributed by atoms with Crippen LogP contribution < -0.4 is 11.0 Å². The van der Waals surface area contributed by atoms with Gasteiger partial charge in [-0.15, -0.1) is 0 Å². The van der Waals surface area contributed by atoms with Gasteiger partial charge < -0.3 is 10.1 Å². The minimum atomic E-state index is -0.432. The van der Waals surface area contributed by atoms with Crippen LogP contribution in [-0.2, 0) is 0 Å². The number of rotatable bonds is 3. The highest BCUT2D eigenvalue weighted by Crippen LogP contribution is 2.10. The summed E-state index contributed by atoms with van der Waals surface area (Å²) in [5.74, 6) is -0.355. The Bertz CT molecular complexity index is 943. The molecule has 0 atom stereocenters. The fourth-order valence-electron chi connectivity index (χ4n) is 2.10. The number of phenols is 1. The van der Waals surface area contributed by atoms with E-state index in [4.69, 9.17) is 0 Å². The summed E-state index contributed by atoms with van der Waals surface area (Å²) in [6.07, 6.45) is 1.30. The van der Waals surface area contributed by atoms with E-state index in [2.05, 4.69) is 15.5 Å². The number of benzene rings is 2. The average molecular weight is 307 g/mol. The van der Waals surface area contributed by atoms with Crippen molar-refractivity contribution in [3.8, 4) is 5.75 Å². The molecule has 0 bridgehead atoms. The first kappa shape index (κ1) is 14.5. The van der Waals surface area contributed by atoms with Gasteiger partial charge in [0.15, 0.2) is 0 Å². The van der Waals surface area contributed by atoms with Gasteiger partial charge in [0.1, 0.15) is 5.75 Å².